The highest BCUT2D eigenvalue weighted by Crippen LogP contribution is 2.24. The van der Waals surface area contributed by atoms with E-state index in [2.05, 4.69) is 17.6 Å². The summed E-state index contributed by atoms with van der Waals surface area (Å²) in [6.45, 7) is 5.05. The Balaban J connectivity index is 2.94. The van der Waals surface area contributed by atoms with Gasteiger partial charge in [-0.3, -0.25) is 9.59 Å². The molecule has 1 aromatic carbocycles. The van der Waals surface area contributed by atoms with Crippen LogP contribution in [0.15, 0.2) is 18.2 Å². The van der Waals surface area contributed by atoms with E-state index in [1.807, 2.05) is 38.1 Å². The second kappa shape index (κ2) is 11.5. The standard InChI is InChI=1S/C20H33N3O3/c1-6-8-9-15(7-2)19(24)22-16-10-11-18(23(3)4)17(14-16)20(25)21-12-13-26-5/h10-11,14-15H,6-9,12-13H2,1-5H3,(H,21,25)(H,22,24)/t15-/m0/s1. The first kappa shape index (κ1) is 22.0. The first-order chi connectivity index (χ1) is 12.4. The maximum atomic E-state index is 12.5. The minimum atomic E-state index is -0.181. The molecule has 6 nitrogen and oxygen atoms in total. The number of rotatable bonds is 11. The van der Waals surface area contributed by atoms with Crippen LogP contribution < -0.4 is 15.5 Å². The van der Waals surface area contributed by atoms with E-state index in [1.165, 1.54) is 0 Å². The highest BCUT2D eigenvalue weighted by atomic mass is 16.5. The normalized spacial score (nSPS) is 11.7. The molecule has 6 heteroatoms. The number of ether oxygens (including phenoxy) is 1. The lowest BCUT2D eigenvalue weighted by Gasteiger charge is -2.19. The van der Waals surface area contributed by atoms with Crippen LogP contribution in [0.25, 0.3) is 0 Å². The molecule has 146 valence electrons. The Kier molecular flexibility index (Phi) is 9.73. The molecule has 0 spiro atoms. The zero-order valence-corrected chi connectivity index (χ0v) is 16.7. The van der Waals surface area contributed by atoms with E-state index in [4.69, 9.17) is 4.74 Å². The molecule has 0 bridgehead atoms. The minimum Gasteiger partial charge on any atom is -0.383 e. The third-order valence-corrected chi connectivity index (χ3v) is 4.35. The van der Waals surface area contributed by atoms with Gasteiger partial charge in [0.1, 0.15) is 0 Å². The summed E-state index contributed by atoms with van der Waals surface area (Å²) in [6, 6.07) is 5.43. The number of methoxy groups -OCH3 is 1. The van der Waals surface area contributed by atoms with Gasteiger partial charge in [-0.25, -0.2) is 0 Å². The van der Waals surface area contributed by atoms with Crippen molar-refractivity contribution in [1.29, 1.82) is 0 Å². The van der Waals surface area contributed by atoms with Crippen LogP contribution in [-0.2, 0) is 9.53 Å². The monoisotopic (exact) mass is 363 g/mol. The van der Waals surface area contributed by atoms with Gasteiger partial charge >= 0.3 is 0 Å². The van der Waals surface area contributed by atoms with Gasteiger partial charge in [-0.1, -0.05) is 26.7 Å². The minimum absolute atomic E-state index is 0.00227. The SMILES string of the molecule is CCCC[C@H](CC)C(=O)Nc1ccc(N(C)C)c(C(=O)NCCOC)c1. The van der Waals surface area contributed by atoms with Gasteiger partial charge in [-0.2, -0.15) is 0 Å². The predicted octanol–water partition coefficient (Wildman–Crippen LogP) is 3.28. The average Bonchev–Trinajstić information content (AvgIpc) is 2.62. The molecule has 2 amide bonds. The Morgan fingerprint density at radius 2 is 1.96 bits per heavy atom. The van der Waals surface area contributed by atoms with Crippen LogP contribution in [0.4, 0.5) is 11.4 Å². The summed E-state index contributed by atoms with van der Waals surface area (Å²) in [5.74, 6) is -0.161. The molecule has 1 atom stereocenters. The quantitative estimate of drug-likeness (QED) is 0.592. The number of anilines is 2. The molecule has 0 radical (unpaired) electrons. The van der Waals surface area contributed by atoms with Crippen LogP contribution in [0.1, 0.15) is 49.9 Å². The van der Waals surface area contributed by atoms with Gasteiger partial charge < -0.3 is 20.3 Å². The Labute approximate surface area is 157 Å². The van der Waals surface area contributed by atoms with E-state index in [9.17, 15) is 9.59 Å². The number of carbonyl (C=O) groups excluding carboxylic acids is 2. The third kappa shape index (κ3) is 6.67. The van der Waals surface area contributed by atoms with Crippen molar-refractivity contribution in [3.63, 3.8) is 0 Å². The fourth-order valence-electron chi connectivity index (χ4n) is 2.76. The third-order valence-electron chi connectivity index (χ3n) is 4.35. The largest absolute Gasteiger partial charge is 0.383 e. The van der Waals surface area contributed by atoms with Gasteiger partial charge in [-0.05, 0) is 31.0 Å². The number of amides is 2. The van der Waals surface area contributed by atoms with Gasteiger partial charge in [0.2, 0.25) is 5.91 Å². The lowest BCUT2D eigenvalue weighted by molar-refractivity contribution is -0.120. The van der Waals surface area contributed by atoms with Gasteiger partial charge in [-0.15, -0.1) is 0 Å². The number of hydrogen-bond acceptors (Lipinski definition) is 4. The van der Waals surface area contributed by atoms with E-state index in [1.54, 1.807) is 13.2 Å². The van der Waals surface area contributed by atoms with Gasteiger partial charge in [0.05, 0.1) is 12.2 Å². The number of benzene rings is 1. The molecule has 0 unspecified atom stereocenters. The fraction of sp³-hybridized carbons (Fsp3) is 0.600. The van der Waals surface area contributed by atoms with Gasteiger partial charge in [0.15, 0.2) is 0 Å². The molecule has 0 heterocycles. The van der Waals surface area contributed by atoms with Crippen LogP contribution in [-0.4, -0.2) is 46.2 Å². The summed E-state index contributed by atoms with van der Waals surface area (Å²) in [5, 5.41) is 5.80. The summed E-state index contributed by atoms with van der Waals surface area (Å²) in [7, 11) is 5.37. The first-order valence-corrected chi connectivity index (χ1v) is 9.33. The topological polar surface area (TPSA) is 70.7 Å². The van der Waals surface area contributed by atoms with Crippen molar-refractivity contribution in [1.82, 2.24) is 5.32 Å². The van der Waals surface area contributed by atoms with Crippen molar-refractivity contribution >= 4 is 23.2 Å². The molecule has 26 heavy (non-hydrogen) atoms. The molecule has 0 aromatic heterocycles. The smallest absolute Gasteiger partial charge is 0.253 e. The maximum Gasteiger partial charge on any atom is 0.253 e. The molecule has 0 aliphatic rings. The maximum absolute atomic E-state index is 12.5. The van der Waals surface area contributed by atoms with Crippen molar-refractivity contribution in [2.24, 2.45) is 5.92 Å². The van der Waals surface area contributed by atoms with Crippen LogP contribution in [0.5, 0.6) is 0 Å². The van der Waals surface area contributed by atoms with Crippen molar-refractivity contribution in [2.45, 2.75) is 39.5 Å². The average molecular weight is 364 g/mol. The summed E-state index contributed by atoms with van der Waals surface area (Å²) >= 11 is 0. The van der Waals surface area contributed by atoms with E-state index in [-0.39, 0.29) is 17.7 Å². The zero-order valence-electron chi connectivity index (χ0n) is 16.7. The Hall–Kier alpha value is -2.08. The summed E-state index contributed by atoms with van der Waals surface area (Å²) in [4.78, 5) is 26.9. The number of unbranched alkanes of at least 4 members (excludes halogenated alkanes) is 1. The molecule has 0 aliphatic carbocycles. The van der Waals surface area contributed by atoms with E-state index >= 15 is 0 Å². The predicted molar refractivity (Wildman–Crippen MR) is 107 cm³/mol. The highest BCUT2D eigenvalue weighted by molar-refractivity contribution is 6.02. The lowest BCUT2D eigenvalue weighted by Crippen LogP contribution is -2.29. The molecule has 2 N–H and O–H groups in total. The fourth-order valence-corrected chi connectivity index (χ4v) is 2.76. The molecular weight excluding hydrogens is 330 g/mol. The van der Waals surface area contributed by atoms with Crippen molar-refractivity contribution in [3.8, 4) is 0 Å². The molecule has 1 aromatic rings. The van der Waals surface area contributed by atoms with Gasteiger partial charge in [0, 0.05) is 45.0 Å². The number of nitrogens with one attached hydrogen (secondary N) is 2. The van der Waals surface area contributed by atoms with Crippen molar-refractivity contribution in [3.05, 3.63) is 23.8 Å². The van der Waals surface area contributed by atoms with E-state index in [0.717, 1.165) is 31.4 Å². The van der Waals surface area contributed by atoms with Crippen molar-refractivity contribution in [2.75, 3.05) is 44.6 Å². The van der Waals surface area contributed by atoms with Crippen LogP contribution in [0, 0.1) is 5.92 Å². The molecule has 0 fully saturated rings. The number of hydrogen-bond donors (Lipinski definition) is 2. The molecule has 0 saturated carbocycles. The summed E-state index contributed by atoms with van der Waals surface area (Å²) < 4.78 is 4.97. The Bertz CT molecular complexity index is 588. The van der Waals surface area contributed by atoms with Crippen LogP contribution >= 0.6 is 0 Å². The van der Waals surface area contributed by atoms with E-state index in [0.29, 0.717) is 24.4 Å². The number of nitrogens with zero attached hydrogens (tertiary/aromatic N) is 1. The summed E-state index contributed by atoms with van der Waals surface area (Å²) in [6.07, 6.45) is 3.82. The molecular formula is C20H33N3O3. The molecule has 0 saturated heterocycles. The molecule has 0 aliphatic heterocycles. The Morgan fingerprint density at radius 3 is 2.54 bits per heavy atom. The second-order valence-corrected chi connectivity index (χ2v) is 6.61. The zero-order chi connectivity index (χ0) is 19.5. The van der Waals surface area contributed by atoms with Gasteiger partial charge in [0.25, 0.3) is 5.91 Å². The summed E-state index contributed by atoms with van der Waals surface area (Å²) in [5.41, 5.74) is 1.98. The second-order valence-electron chi connectivity index (χ2n) is 6.61. The highest BCUT2D eigenvalue weighted by Gasteiger charge is 2.18. The Morgan fingerprint density at radius 1 is 1.23 bits per heavy atom. The van der Waals surface area contributed by atoms with E-state index < -0.39 is 0 Å². The first-order valence-electron chi connectivity index (χ1n) is 9.33. The lowest BCUT2D eigenvalue weighted by atomic mass is 9.98. The molecule has 1 rings (SSSR count). The number of carbonyl (C=O) groups is 2. The van der Waals surface area contributed by atoms with Crippen LogP contribution in [0.3, 0.4) is 0 Å². The van der Waals surface area contributed by atoms with Crippen molar-refractivity contribution < 1.29 is 14.3 Å². The van der Waals surface area contributed by atoms with Crippen LogP contribution in [0.2, 0.25) is 0 Å².